The Labute approximate surface area is 97.6 Å². The predicted octanol–water partition coefficient (Wildman–Crippen LogP) is 0.0203. The third-order valence-corrected chi connectivity index (χ3v) is 2.99. The van der Waals surface area contributed by atoms with Gasteiger partial charge in [0.25, 0.3) is 0 Å². The molecular formula is C11H13NO5. The van der Waals surface area contributed by atoms with E-state index < -0.39 is 29.2 Å². The zero-order valence-electron chi connectivity index (χ0n) is 9.43. The number of amides is 1. The van der Waals surface area contributed by atoms with E-state index in [0.717, 1.165) is 0 Å². The van der Waals surface area contributed by atoms with Gasteiger partial charge in [0.15, 0.2) is 5.41 Å². The number of carboxylic acids is 2. The lowest BCUT2D eigenvalue weighted by molar-refractivity contribution is -0.154. The quantitative estimate of drug-likeness (QED) is 0.602. The first-order valence-corrected chi connectivity index (χ1v) is 4.96. The predicted molar refractivity (Wildman–Crippen MR) is 58.2 cm³/mol. The van der Waals surface area contributed by atoms with Gasteiger partial charge in [-0.2, -0.15) is 0 Å². The fraction of sp³-hybridized carbons (Fsp3) is 0.364. The Kier molecular flexibility index (Phi) is 3.36. The summed E-state index contributed by atoms with van der Waals surface area (Å²) >= 11 is 0. The van der Waals surface area contributed by atoms with E-state index in [-0.39, 0.29) is 5.57 Å². The van der Waals surface area contributed by atoms with E-state index in [4.69, 9.17) is 5.11 Å². The lowest BCUT2D eigenvalue weighted by atomic mass is 9.69. The fourth-order valence-electron chi connectivity index (χ4n) is 1.93. The molecule has 1 aliphatic rings. The Morgan fingerprint density at radius 2 is 1.94 bits per heavy atom. The third kappa shape index (κ3) is 1.82. The maximum atomic E-state index is 11.7. The van der Waals surface area contributed by atoms with Crippen molar-refractivity contribution < 1.29 is 24.6 Å². The van der Waals surface area contributed by atoms with Crippen LogP contribution in [0, 0.1) is 11.3 Å². The number of aliphatic carboxylic acids is 2. The first-order chi connectivity index (χ1) is 7.87. The maximum absolute atomic E-state index is 11.7. The summed E-state index contributed by atoms with van der Waals surface area (Å²) in [5.74, 6) is -4.27. The van der Waals surface area contributed by atoms with Crippen molar-refractivity contribution in [1.29, 1.82) is 0 Å². The van der Waals surface area contributed by atoms with Gasteiger partial charge in [-0.3, -0.25) is 9.59 Å². The van der Waals surface area contributed by atoms with Crippen molar-refractivity contribution in [3.63, 3.8) is 0 Å². The summed E-state index contributed by atoms with van der Waals surface area (Å²) in [6, 6.07) is 0. The highest BCUT2D eigenvalue weighted by Crippen LogP contribution is 2.38. The van der Waals surface area contributed by atoms with Gasteiger partial charge in [0.1, 0.15) is 0 Å². The van der Waals surface area contributed by atoms with Crippen LogP contribution in [-0.2, 0) is 14.4 Å². The number of hydrogen-bond donors (Lipinski definition) is 3. The van der Waals surface area contributed by atoms with E-state index in [1.54, 1.807) is 0 Å². The Morgan fingerprint density at radius 3 is 2.35 bits per heavy atom. The molecule has 0 spiro atoms. The number of nitrogens with one attached hydrogen (secondary N) is 1. The van der Waals surface area contributed by atoms with Crippen LogP contribution in [0.25, 0.3) is 0 Å². The van der Waals surface area contributed by atoms with Crippen LogP contribution in [0.5, 0.6) is 0 Å². The number of carbonyl (C=O) groups excluding carboxylic acids is 1. The Hall–Kier alpha value is -2.11. The molecule has 0 aromatic heterocycles. The van der Waals surface area contributed by atoms with Crippen molar-refractivity contribution in [2.75, 3.05) is 7.05 Å². The van der Waals surface area contributed by atoms with Crippen molar-refractivity contribution in [3.8, 4) is 0 Å². The van der Waals surface area contributed by atoms with Gasteiger partial charge >= 0.3 is 11.9 Å². The molecule has 0 fully saturated rings. The topological polar surface area (TPSA) is 104 Å². The molecule has 6 nitrogen and oxygen atoms in total. The number of carboxylic acid groups (broad SMARTS) is 2. The van der Waals surface area contributed by atoms with E-state index in [0.29, 0.717) is 0 Å². The van der Waals surface area contributed by atoms with Crippen LogP contribution in [0.2, 0.25) is 0 Å². The molecule has 92 valence electrons. The second-order valence-electron chi connectivity index (χ2n) is 3.76. The average Bonchev–Trinajstić information content (AvgIpc) is 2.27. The van der Waals surface area contributed by atoms with Crippen LogP contribution in [0.4, 0.5) is 0 Å². The Morgan fingerprint density at radius 1 is 1.35 bits per heavy atom. The van der Waals surface area contributed by atoms with Gasteiger partial charge in [-0.15, -0.1) is 0 Å². The normalized spacial score (nSPS) is 27.2. The number of rotatable bonds is 3. The van der Waals surface area contributed by atoms with Gasteiger partial charge in [-0.1, -0.05) is 25.2 Å². The lowest BCUT2D eigenvalue weighted by Crippen LogP contribution is -2.50. The first-order valence-electron chi connectivity index (χ1n) is 4.96. The van der Waals surface area contributed by atoms with Crippen LogP contribution in [0.15, 0.2) is 23.8 Å². The second-order valence-corrected chi connectivity index (χ2v) is 3.76. The molecule has 1 amide bonds. The van der Waals surface area contributed by atoms with E-state index in [1.807, 2.05) is 0 Å². The molecule has 0 radical (unpaired) electrons. The zero-order chi connectivity index (χ0) is 13.2. The highest BCUT2D eigenvalue weighted by Gasteiger charge is 2.51. The van der Waals surface area contributed by atoms with Crippen molar-refractivity contribution in [1.82, 2.24) is 5.32 Å². The molecule has 1 aliphatic carbocycles. The van der Waals surface area contributed by atoms with Gasteiger partial charge in [-0.05, 0) is 0 Å². The largest absolute Gasteiger partial charge is 0.480 e. The average molecular weight is 239 g/mol. The number of allylic oxidation sites excluding steroid dienone is 2. The summed E-state index contributed by atoms with van der Waals surface area (Å²) in [6.45, 7) is 1.41. The summed E-state index contributed by atoms with van der Waals surface area (Å²) in [4.78, 5) is 34.0. The molecule has 1 rings (SSSR count). The maximum Gasteiger partial charge on any atom is 0.331 e. The lowest BCUT2D eigenvalue weighted by Gasteiger charge is -2.32. The number of carbonyl (C=O) groups is 3. The van der Waals surface area contributed by atoms with Crippen molar-refractivity contribution >= 4 is 17.8 Å². The fourth-order valence-corrected chi connectivity index (χ4v) is 1.93. The van der Waals surface area contributed by atoms with Gasteiger partial charge in [0, 0.05) is 18.5 Å². The van der Waals surface area contributed by atoms with Gasteiger partial charge in [0.05, 0.1) is 0 Å². The van der Waals surface area contributed by atoms with Crippen LogP contribution in [0.3, 0.4) is 0 Å². The Bertz CT molecular complexity index is 437. The SMILES string of the molecule is CNC(=O)C1(C(=O)O)C=CC=C(C(=O)O)C1C. The molecule has 0 bridgehead atoms. The Balaban J connectivity index is 3.33. The minimum absolute atomic E-state index is 0.0986. The van der Waals surface area contributed by atoms with Crippen LogP contribution >= 0.6 is 0 Å². The summed E-state index contributed by atoms with van der Waals surface area (Å²) in [6.07, 6.45) is 3.80. The summed E-state index contributed by atoms with van der Waals surface area (Å²) < 4.78 is 0. The molecular weight excluding hydrogens is 226 g/mol. The molecule has 17 heavy (non-hydrogen) atoms. The number of hydrogen-bond acceptors (Lipinski definition) is 3. The standard InChI is InChI=1S/C11H13NO5/c1-6-7(8(13)14)4-3-5-11(6,10(16)17)9(15)12-2/h3-6H,1-2H3,(H,12,15)(H,13,14)(H,16,17). The van der Waals surface area contributed by atoms with E-state index in [1.165, 1.54) is 32.2 Å². The molecule has 0 saturated carbocycles. The van der Waals surface area contributed by atoms with Gasteiger partial charge in [-0.25, -0.2) is 4.79 Å². The minimum atomic E-state index is -1.86. The summed E-state index contributed by atoms with van der Waals surface area (Å²) in [7, 11) is 1.31. The van der Waals surface area contributed by atoms with Gasteiger partial charge in [0.2, 0.25) is 5.91 Å². The second kappa shape index (κ2) is 4.40. The highest BCUT2D eigenvalue weighted by atomic mass is 16.4. The van der Waals surface area contributed by atoms with E-state index >= 15 is 0 Å². The summed E-state index contributed by atoms with van der Waals surface area (Å²) in [5.41, 5.74) is -1.96. The van der Waals surface area contributed by atoms with Crippen LogP contribution in [0.1, 0.15) is 6.92 Å². The molecule has 2 atom stereocenters. The molecule has 0 saturated heterocycles. The molecule has 0 aromatic rings. The van der Waals surface area contributed by atoms with Crippen molar-refractivity contribution in [2.24, 2.45) is 11.3 Å². The smallest absolute Gasteiger partial charge is 0.331 e. The first kappa shape index (κ1) is 13.0. The zero-order valence-corrected chi connectivity index (χ0v) is 9.43. The van der Waals surface area contributed by atoms with Crippen LogP contribution < -0.4 is 5.32 Å². The molecule has 3 N–H and O–H groups in total. The highest BCUT2D eigenvalue weighted by molar-refractivity contribution is 6.06. The molecule has 0 aromatic carbocycles. The van der Waals surface area contributed by atoms with Crippen molar-refractivity contribution in [2.45, 2.75) is 6.92 Å². The molecule has 2 unspecified atom stereocenters. The van der Waals surface area contributed by atoms with E-state index in [9.17, 15) is 19.5 Å². The van der Waals surface area contributed by atoms with E-state index in [2.05, 4.69) is 5.32 Å². The molecule has 0 aliphatic heterocycles. The van der Waals surface area contributed by atoms with Gasteiger partial charge < -0.3 is 15.5 Å². The molecule has 0 heterocycles. The monoisotopic (exact) mass is 239 g/mol. The van der Waals surface area contributed by atoms with Crippen LogP contribution in [-0.4, -0.2) is 35.1 Å². The minimum Gasteiger partial charge on any atom is -0.480 e. The van der Waals surface area contributed by atoms with Crippen molar-refractivity contribution in [3.05, 3.63) is 23.8 Å². The molecule has 6 heteroatoms. The third-order valence-electron chi connectivity index (χ3n) is 2.99. The summed E-state index contributed by atoms with van der Waals surface area (Å²) in [5, 5.41) is 20.4.